The molecule has 1 heterocycles. The molecule has 0 atom stereocenters. The maximum absolute atomic E-state index is 5.50. The minimum atomic E-state index is -0.259. The number of rotatable bonds is 6. The normalized spacial score (nSPS) is 18.4. The van der Waals surface area contributed by atoms with E-state index in [9.17, 15) is 0 Å². The van der Waals surface area contributed by atoms with Gasteiger partial charge in [0.25, 0.3) is 0 Å². The van der Waals surface area contributed by atoms with Gasteiger partial charge in [-0.15, -0.1) is 0 Å². The predicted octanol–water partition coefficient (Wildman–Crippen LogP) is 1.25. The molecule has 0 spiro atoms. The lowest BCUT2D eigenvalue weighted by Gasteiger charge is -2.37. The maximum atomic E-state index is 5.50. The zero-order chi connectivity index (χ0) is 11.4. The van der Waals surface area contributed by atoms with Crippen LogP contribution in [0.5, 0.6) is 0 Å². The zero-order valence-electron chi connectivity index (χ0n) is 9.95. The van der Waals surface area contributed by atoms with Crippen molar-refractivity contribution in [1.82, 2.24) is 15.5 Å². The number of ether oxygens (including phenoxy) is 1. The van der Waals surface area contributed by atoms with Crippen LogP contribution in [0.2, 0.25) is 0 Å². The highest BCUT2D eigenvalue weighted by Gasteiger charge is 2.43. The summed E-state index contributed by atoms with van der Waals surface area (Å²) in [6, 6.07) is 0. The molecule has 1 N–H and O–H groups in total. The fraction of sp³-hybridized carbons (Fsp3) is 0.818. The molecule has 2 rings (SSSR count). The third-order valence-electron chi connectivity index (χ3n) is 3.24. The largest absolute Gasteiger partial charge is 0.370 e. The Morgan fingerprint density at radius 2 is 2.31 bits per heavy atom. The Labute approximate surface area is 95.6 Å². The number of aromatic nitrogens is 2. The number of aryl methyl sites for hydroxylation is 1. The quantitative estimate of drug-likeness (QED) is 0.738. The van der Waals surface area contributed by atoms with Gasteiger partial charge in [0.05, 0.1) is 0 Å². The van der Waals surface area contributed by atoms with Gasteiger partial charge in [-0.05, 0) is 39.3 Å². The third kappa shape index (κ3) is 2.10. The lowest BCUT2D eigenvalue weighted by molar-refractivity contribution is -0.0858. The van der Waals surface area contributed by atoms with Gasteiger partial charge in [0.1, 0.15) is 5.60 Å². The number of hydrogen-bond acceptors (Lipinski definition) is 5. The first-order valence-electron chi connectivity index (χ1n) is 5.83. The van der Waals surface area contributed by atoms with Crippen molar-refractivity contribution < 1.29 is 9.26 Å². The summed E-state index contributed by atoms with van der Waals surface area (Å²) in [6.45, 7) is 0.965. The number of nitrogens with one attached hydrogen (secondary N) is 1. The van der Waals surface area contributed by atoms with Crippen molar-refractivity contribution in [3.8, 4) is 0 Å². The van der Waals surface area contributed by atoms with Crippen molar-refractivity contribution in [3.63, 3.8) is 0 Å². The fourth-order valence-corrected chi connectivity index (χ4v) is 1.97. The lowest BCUT2D eigenvalue weighted by Crippen LogP contribution is -2.37. The second-order valence-electron chi connectivity index (χ2n) is 4.27. The Bertz CT molecular complexity index is 328. The average molecular weight is 225 g/mol. The summed E-state index contributed by atoms with van der Waals surface area (Å²) in [5.41, 5.74) is -0.259. The van der Waals surface area contributed by atoms with Gasteiger partial charge in [0, 0.05) is 13.5 Å². The zero-order valence-corrected chi connectivity index (χ0v) is 9.95. The summed E-state index contributed by atoms with van der Waals surface area (Å²) >= 11 is 0. The maximum Gasteiger partial charge on any atom is 0.226 e. The van der Waals surface area contributed by atoms with E-state index in [-0.39, 0.29) is 5.60 Å². The molecule has 16 heavy (non-hydrogen) atoms. The molecule has 0 unspecified atom stereocenters. The number of nitrogens with zero attached hydrogens (tertiary/aromatic N) is 2. The molecule has 1 saturated carbocycles. The highest BCUT2D eigenvalue weighted by Crippen LogP contribution is 2.42. The van der Waals surface area contributed by atoms with Gasteiger partial charge in [0.15, 0.2) is 0 Å². The van der Waals surface area contributed by atoms with Crippen LogP contribution in [0.25, 0.3) is 0 Å². The molecular weight excluding hydrogens is 206 g/mol. The molecule has 0 amide bonds. The van der Waals surface area contributed by atoms with Crippen LogP contribution in [0.1, 0.15) is 37.4 Å². The van der Waals surface area contributed by atoms with Crippen molar-refractivity contribution in [3.05, 3.63) is 11.7 Å². The van der Waals surface area contributed by atoms with Crippen molar-refractivity contribution in [2.45, 2.75) is 37.7 Å². The molecular formula is C11H19N3O2. The molecule has 1 fully saturated rings. The Hall–Kier alpha value is -0.940. The molecule has 0 aromatic carbocycles. The van der Waals surface area contributed by atoms with Gasteiger partial charge in [-0.3, -0.25) is 0 Å². The van der Waals surface area contributed by atoms with E-state index in [0.717, 1.165) is 38.1 Å². The Morgan fingerprint density at radius 1 is 1.50 bits per heavy atom. The Morgan fingerprint density at radius 3 is 2.88 bits per heavy atom. The van der Waals surface area contributed by atoms with Gasteiger partial charge in [-0.2, -0.15) is 4.98 Å². The molecule has 5 nitrogen and oxygen atoms in total. The van der Waals surface area contributed by atoms with Gasteiger partial charge in [0.2, 0.25) is 11.7 Å². The van der Waals surface area contributed by atoms with Crippen LogP contribution in [0, 0.1) is 0 Å². The van der Waals surface area contributed by atoms with Crippen LogP contribution in [0.3, 0.4) is 0 Å². The number of hydrogen-bond donors (Lipinski definition) is 1. The van der Waals surface area contributed by atoms with Crippen molar-refractivity contribution in [2.75, 3.05) is 20.7 Å². The van der Waals surface area contributed by atoms with E-state index in [0.29, 0.717) is 5.89 Å². The van der Waals surface area contributed by atoms with Crippen molar-refractivity contribution in [2.24, 2.45) is 0 Å². The topological polar surface area (TPSA) is 60.2 Å². The van der Waals surface area contributed by atoms with Crippen molar-refractivity contribution in [1.29, 1.82) is 0 Å². The van der Waals surface area contributed by atoms with Crippen LogP contribution < -0.4 is 5.32 Å². The van der Waals surface area contributed by atoms with E-state index in [1.54, 1.807) is 7.11 Å². The van der Waals surface area contributed by atoms with Gasteiger partial charge < -0.3 is 14.6 Å². The summed E-state index contributed by atoms with van der Waals surface area (Å²) in [5, 5.41) is 7.12. The highest BCUT2D eigenvalue weighted by atomic mass is 16.5. The Kier molecular flexibility index (Phi) is 3.56. The van der Waals surface area contributed by atoms with Gasteiger partial charge >= 0.3 is 0 Å². The molecule has 5 heteroatoms. The highest BCUT2D eigenvalue weighted by molar-refractivity contribution is 5.06. The van der Waals surface area contributed by atoms with E-state index < -0.39 is 0 Å². The molecule has 1 aliphatic rings. The molecule has 1 aromatic rings. The molecule has 0 bridgehead atoms. The van der Waals surface area contributed by atoms with Gasteiger partial charge in [-0.25, -0.2) is 0 Å². The van der Waals surface area contributed by atoms with E-state index in [4.69, 9.17) is 9.26 Å². The smallest absolute Gasteiger partial charge is 0.226 e. The summed E-state index contributed by atoms with van der Waals surface area (Å²) in [4.78, 5) is 4.42. The lowest BCUT2D eigenvalue weighted by atomic mass is 9.79. The minimum absolute atomic E-state index is 0.259. The molecule has 1 aromatic heterocycles. The second-order valence-corrected chi connectivity index (χ2v) is 4.27. The summed E-state index contributed by atoms with van der Waals surface area (Å²) in [7, 11) is 3.66. The van der Waals surface area contributed by atoms with E-state index in [2.05, 4.69) is 15.5 Å². The first-order valence-corrected chi connectivity index (χ1v) is 5.83. The summed E-state index contributed by atoms with van der Waals surface area (Å²) in [5.74, 6) is 1.44. The first kappa shape index (κ1) is 11.5. The summed E-state index contributed by atoms with van der Waals surface area (Å²) < 4.78 is 10.7. The molecule has 0 radical (unpaired) electrons. The standard InChI is InChI=1S/C11H19N3O2/c1-12-8-3-5-9-13-10(14-16-9)11(15-2)6-4-7-11/h12H,3-8H2,1-2H3. The molecule has 90 valence electrons. The van der Waals surface area contributed by atoms with E-state index in [1.807, 2.05) is 7.05 Å². The second kappa shape index (κ2) is 4.93. The Balaban J connectivity index is 1.96. The van der Waals surface area contributed by atoms with Crippen LogP contribution >= 0.6 is 0 Å². The first-order chi connectivity index (χ1) is 7.80. The molecule has 0 saturated heterocycles. The molecule has 1 aliphatic carbocycles. The number of methoxy groups -OCH3 is 1. The van der Waals surface area contributed by atoms with E-state index >= 15 is 0 Å². The average Bonchev–Trinajstić information content (AvgIpc) is 2.67. The van der Waals surface area contributed by atoms with E-state index in [1.165, 1.54) is 6.42 Å². The summed E-state index contributed by atoms with van der Waals surface area (Å²) in [6.07, 6.45) is 5.02. The van der Waals surface area contributed by atoms with Crippen LogP contribution in [-0.4, -0.2) is 30.8 Å². The SMILES string of the molecule is CNCCCc1nc(C2(OC)CCC2)no1. The fourth-order valence-electron chi connectivity index (χ4n) is 1.97. The monoisotopic (exact) mass is 225 g/mol. The molecule has 0 aliphatic heterocycles. The predicted molar refractivity (Wildman–Crippen MR) is 59.1 cm³/mol. The van der Waals surface area contributed by atoms with Crippen LogP contribution in [0.15, 0.2) is 4.52 Å². The third-order valence-corrected chi connectivity index (χ3v) is 3.24. The minimum Gasteiger partial charge on any atom is -0.370 e. The van der Waals surface area contributed by atoms with Crippen LogP contribution in [0.4, 0.5) is 0 Å². The van der Waals surface area contributed by atoms with Gasteiger partial charge in [-0.1, -0.05) is 5.16 Å². The van der Waals surface area contributed by atoms with Crippen LogP contribution in [-0.2, 0) is 16.8 Å². The van der Waals surface area contributed by atoms with Crippen molar-refractivity contribution >= 4 is 0 Å².